The second-order valence-electron chi connectivity index (χ2n) is 4.17. The van der Waals surface area contributed by atoms with Gasteiger partial charge in [0.1, 0.15) is 11.9 Å². The maximum atomic E-state index is 11.8. The Bertz CT molecular complexity index is 432. The van der Waals surface area contributed by atoms with Crippen LogP contribution in [0.1, 0.15) is 11.1 Å². The third-order valence-electron chi connectivity index (χ3n) is 3.16. The number of carbonyl (C=O) groups is 2. The van der Waals surface area contributed by atoms with Crippen molar-refractivity contribution in [1.82, 2.24) is 4.90 Å². The van der Waals surface area contributed by atoms with Gasteiger partial charge < -0.3 is 9.64 Å². The standard InChI is InChI=1S/C13H14ClNO3/c1-18-13(17)11-6-9-4-2-3-5-10(9)8-15(11)12(16)7-14/h2-5,11H,6-8H2,1H3/t11-/m0/s1. The van der Waals surface area contributed by atoms with Crippen molar-refractivity contribution >= 4 is 23.5 Å². The van der Waals surface area contributed by atoms with Gasteiger partial charge in [-0.05, 0) is 11.1 Å². The zero-order valence-corrected chi connectivity index (χ0v) is 10.8. The molecule has 0 saturated carbocycles. The summed E-state index contributed by atoms with van der Waals surface area (Å²) >= 11 is 5.58. The van der Waals surface area contributed by atoms with E-state index in [-0.39, 0.29) is 11.8 Å². The molecule has 96 valence electrons. The first-order valence-electron chi connectivity index (χ1n) is 5.67. The lowest BCUT2D eigenvalue weighted by Crippen LogP contribution is -2.49. The molecule has 0 bridgehead atoms. The van der Waals surface area contributed by atoms with Crippen molar-refractivity contribution in [2.24, 2.45) is 0 Å². The number of esters is 1. The molecule has 0 saturated heterocycles. The molecular formula is C13H14ClNO3. The maximum Gasteiger partial charge on any atom is 0.328 e. The maximum absolute atomic E-state index is 11.8. The molecule has 0 spiro atoms. The fraction of sp³-hybridized carbons (Fsp3) is 0.385. The van der Waals surface area contributed by atoms with Crippen LogP contribution >= 0.6 is 11.6 Å². The summed E-state index contributed by atoms with van der Waals surface area (Å²) in [5.74, 6) is -0.778. The fourth-order valence-electron chi connectivity index (χ4n) is 2.21. The van der Waals surface area contributed by atoms with Gasteiger partial charge >= 0.3 is 5.97 Å². The molecule has 1 atom stereocenters. The van der Waals surface area contributed by atoms with Crippen LogP contribution in [0.3, 0.4) is 0 Å². The Hall–Kier alpha value is -1.55. The molecule has 0 aromatic heterocycles. The van der Waals surface area contributed by atoms with E-state index in [4.69, 9.17) is 16.3 Å². The molecule has 0 unspecified atom stereocenters. The van der Waals surface area contributed by atoms with Gasteiger partial charge in [0.25, 0.3) is 0 Å². The molecule has 1 aliphatic heterocycles. The molecule has 18 heavy (non-hydrogen) atoms. The van der Waals surface area contributed by atoms with Crippen molar-refractivity contribution < 1.29 is 14.3 Å². The number of hydrogen-bond acceptors (Lipinski definition) is 3. The third-order valence-corrected chi connectivity index (χ3v) is 3.39. The molecule has 1 aromatic rings. The molecule has 0 N–H and O–H groups in total. The van der Waals surface area contributed by atoms with E-state index in [9.17, 15) is 9.59 Å². The van der Waals surface area contributed by atoms with Crippen LogP contribution in [0.4, 0.5) is 0 Å². The van der Waals surface area contributed by atoms with Gasteiger partial charge in [0.15, 0.2) is 0 Å². The molecule has 0 aliphatic carbocycles. The summed E-state index contributed by atoms with van der Waals surface area (Å²) in [6.07, 6.45) is 0.478. The summed E-state index contributed by atoms with van der Waals surface area (Å²) in [6.45, 7) is 0.404. The number of ether oxygens (including phenoxy) is 1. The minimum atomic E-state index is -0.573. The van der Waals surface area contributed by atoms with E-state index in [1.807, 2.05) is 24.3 Å². The first-order valence-corrected chi connectivity index (χ1v) is 6.21. The molecule has 5 heteroatoms. The first-order chi connectivity index (χ1) is 8.67. The van der Waals surface area contributed by atoms with E-state index in [2.05, 4.69) is 0 Å². The van der Waals surface area contributed by atoms with Gasteiger partial charge in [-0.1, -0.05) is 24.3 Å². The van der Waals surface area contributed by atoms with Crippen molar-refractivity contribution in [2.75, 3.05) is 13.0 Å². The first kappa shape index (κ1) is 12.9. The minimum Gasteiger partial charge on any atom is -0.467 e. The third kappa shape index (κ3) is 2.34. The number of carbonyl (C=O) groups excluding carboxylic acids is 2. The number of alkyl halides is 1. The van der Waals surface area contributed by atoms with Gasteiger partial charge in [-0.15, -0.1) is 11.6 Å². The predicted octanol–water partition coefficient (Wildman–Crippen LogP) is 1.35. The number of hydrogen-bond donors (Lipinski definition) is 0. The van der Waals surface area contributed by atoms with Gasteiger partial charge in [0.05, 0.1) is 7.11 Å². The summed E-state index contributed by atoms with van der Waals surface area (Å²) < 4.78 is 4.75. The van der Waals surface area contributed by atoms with Crippen molar-refractivity contribution in [3.63, 3.8) is 0 Å². The van der Waals surface area contributed by atoms with Gasteiger partial charge in [-0.2, -0.15) is 0 Å². The van der Waals surface area contributed by atoms with Crippen LogP contribution in [0.2, 0.25) is 0 Å². The largest absolute Gasteiger partial charge is 0.467 e. The number of halogens is 1. The number of rotatable bonds is 2. The Kier molecular flexibility index (Phi) is 3.87. The number of benzene rings is 1. The smallest absolute Gasteiger partial charge is 0.328 e. The highest BCUT2D eigenvalue weighted by Crippen LogP contribution is 2.24. The quantitative estimate of drug-likeness (QED) is 0.600. The number of fused-ring (bicyclic) bond motifs is 1. The van der Waals surface area contributed by atoms with E-state index in [0.29, 0.717) is 13.0 Å². The zero-order valence-electron chi connectivity index (χ0n) is 10.1. The molecule has 0 radical (unpaired) electrons. The fourth-order valence-corrected chi connectivity index (χ4v) is 2.36. The summed E-state index contributed by atoms with van der Waals surface area (Å²) in [4.78, 5) is 25.0. The highest BCUT2D eigenvalue weighted by molar-refractivity contribution is 6.27. The normalized spacial score (nSPS) is 18.1. The zero-order chi connectivity index (χ0) is 13.1. The van der Waals surface area contributed by atoms with Crippen LogP contribution in [0.25, 0.3) is 0 Å². The number of methoxy groups -OCH3 is 1. The van der Waals surface area contributed by atoms with Crippen LogP contribution in [-0.2, 0) is 27.3 Å². The molecule has 4 nitrogen and oxygen atoms in total. The van der Waals surface area contributed by atoms with Crippen molar-refractivity contribution in [3.05, 3.63) is 35.4 Å². The molecule has 1 amide bonds. The number of amides is 1. The average molecular weight is 268 g/mol. The summed E-state index contributed by atoms with van der Waals surface area (Å²) in [5, 5.41) is 0. The number of nitrogens with zero attached hydrogens (tertiary/aromatic N) is 1. The lowest BCUT2D eigenvalue weighted by atomic mass is 9.94. The SMILES string of the molecule is COC(=O)[C@@H]1Cc2ccccc2CN1C(=O)CCl. The van der Waals surface area contributed by atoms with Crippen LogP contribution in [0, 0.1) is 0 Å². The van der Waals surface area contributed by atoms with Crippen LogP contribution in [0.15, 0.2) is 24.3 Å². The van der Waals surface area contributed by atoms with Gasteiger partial charge in [-0.25, -0.2) is 4.79 Å². The second-order valence-corrected chi connectivity index (χ2v) is 4.43. The highest BCUT2D eigenvalue weighted by atomic mass is 35.5. The second kappa shape index (κ2) is 5.40. The minimum absolute atomic E-state index is 0.129. The topological polar surface area (TPSA) is 46.6 Å². The molecule has 2 rings (SSSR count). The van der Waals surface area contributed by atoms with Crippen molar-refractivity contribution in [2.45, 2.75) is 19.0 Å². The van der Waals surface area contributed by atoms with Gasteiger partial charge in [-0.3, -0.25) is 4.79 Å². The molecule has 1 aromatic carbocycles. The Balaban J connectivity index is 2.33. The summed E-state index contributed by atoms with van der Waals surface area (Å²) in [7, 11) is 1.33. The average Bonchev–Trinajstić information content (AvgIpc) is 2.44. The summed E-state index contributed by atoms with van der Waals surface area (Å²) in [6, 6.07) is 7.19. The van der Waals surface area contributed by atoms with E-state index < -0.39 is 12.0 Å². The summed E-state index contributed by atoms with van der Waals surface area (Å²) in [5.41, 5.74) is 2.13. The monoisotopic (exact) mass is 267 g/mol. The lowest BCUT2D eigenvalue weighted by molar-refractivity contribution is -0.153. The Labute approximate surface area is 110 Å². The molecular weight excluding hydrogens is 254 g/mol. The van der Waals surface area contributed by atoms with Crippen LogP contribution in [0.5, 0.6) is 0 Å². The van der Waals surface area contributed by atoms with Crippen LogP contribution in [-0.4, -0.2) is 35.8 Å². The Morgan fingerprint density at radius 3 is 2.67 bits per heavy atom. The molecule has 1 heterocycles. The lowest BCUT2D eigenvalue weighted by Gasteiger charge is -2.34. The van der Waals surface area contributed by atoms with E-state index in [1.54, 1.807) is 0 Å². The van der Waals surface area contributed by atoms with E-state index in [1.165, 1.54) is 12.0 Å². The van der Waals surface area contributed by atoms with Crippen molar-refractivity contribution in [1.29, 1.82) is 0 Å². The van der Waals surface area contributed by atoms with Crippen LogP contribution < -0.4 is 0 Å². The molecule has 1 aliphatic rings. The van der Waals surface area contributed by atoms with Crippen molar-refractivity contribution in [3.8, 4) is 0 Å². The predicted molar refractivity (Wildman–Crippen MR) is 67.2 cm³/mol. The Morgan fingerprint density at radius 2 is 2.06 bits per heavy atom. The Morgan fingerprint density at radius 1 is 1.39 bits per heavy atom. The van der Waals surface area contributed by atoms with Gasteiger partial charge in [0, 0.05) is 13.0 Å². The highest BCUT2D eigenvalue weighted by Gasteiger charge is 2.34. The van der Waals surface area contributed by atoms with E-state index >= 15 is 0 Å². The molecule has 0 fully saturated rings. The van der Waals surface area contributed by atoms with E-state index in [0.717, 1.165) is 11.1 Å². The van der Waals surface area contributed by atoms with Gasteiger partial charge in [0.2, 0.25) is 5.91 Å².